The highest BCUT2D eigenvalue weighted by molar-refractivity contribution is 6.34. The first kappa shape index (κ1) is 24.4. The van der Waals surface area contributed by atoms with E-state index < -0.39 is 17.7 Å². The van der Waals surface area contributed by atoms with E-state index in [2.05, 4.69) is 15.4 Å². The molecular formula is C24H21Cl3N4O3. The fraction of sp³-hybridized carbons (Fsp3) is 0.292. The van der Waals surface area contributed by atoms with E-state index in [1.54, 1.807) is 17.1 Å². The van der Waals surface area contributed by atoms with Gasteiger partial charge in [0, 0.05) is 30.1 Å². The summed E-state index contributed by atoms with van der Waals surface area (Å²) in [7, 11) is 0. The third-order valence-corrected chi connectivity index (χ3v) is 6.52. The highest BCUT2D eigenvalue weighted by Gasteiger charge is 2.42. The average molecular weight is 520 g/mol. The van der Waals surface area contributed by atoms with E-state index in [4.69, 9.17) is 34.8 Å². The zero-order chi connectivity index (χ0) is 24.6. The zero-order valence-electron chi connectivity index (χ0n) is 18.4. The fourth-order valence-corrected chi connectivity index (χ4v) is 5.02. The molecule has 2 atom stereocenters. The number of ketones is 2. The summed E-state index contributed by atoms with van der Waals surface area (Å²) in [6.07, 6.45) is 3.74. The van der Waals surface area contributed by atoms with Gasteiger partial charge in [-0.1, -0.05) is 34.8 Å². The Labute approximate surface area is 211 Å². The number of carbonyl (C=O) groups is 3. The number of nitrogens with one attached hydrogen (secondary N) is 1. The molecule has 34 heavy (non-hydrogen) atoms. The third kappa shape index (κ3) is 5.02. The van der Waals surface area contributed by atoms with Gasteiger partial charge in [0.1, 0.15) is 22.5 Å². The molecule has 1 aromatic carbocycles. The van der Waals surface area contributed by atoms with Gasteiger partial charge in [-0.2, -0.15) is 5.10 Å². The summed E-state index contributed by atoms with van der Waals surface area (Å²) in [6.45, 7) is 3.99. The van der Waals surface area contributed by atoms with Gasteiger partial charge >= 0.3 is 0 Å². The first-order valence-electron chi connectivity index (χ1n) is 10.6. The van der Waals surface area contributed by atoms with Crippen LogP contribution in [0.2, 0.25) is 15.2 Å². The molecule has 1 N–H and O–H groups in total. The normalized spacial score (nSPS) is 17.9. The van der Waals surface area contributed by atoms with Crippen molar-refractivity contribution in [2.45, 2.75) is 32.6 Å². The van der Waals surface area contributed by atoms with Crippen LogP contribution in [0.15, 0.2) is 36.7 Å². The largest absolute Gasteiger partial charge is 0.351 e. The van der Waals surface area contributed by atoms with E-state index in [9.17, 15) is 14.4 Å². The molecule has 3 aromatic rings. The molecule has 1 aliphatic rings. The topological polar surface area (TPSA) is 93.9 Å². The summed E-state index contributed by atoms with van der Waals surface area (Å²) in [4.78, 5) is 42.4. The molecular weight excluding hydrogens is 499 g/mol. The van der Waals surface area contributed by atoms with E-state index in [-0.39, 0.29) is 35.4 Å². The van der Waals surface area contributed by atoms with Crippen LogP contribution in [0.4, 0.5) is 0 Å². The van der Waals surface area contributed by atoms with Crippen LogP contribution in [-0.2, 0) is 9.59 Å². The van der Waals surface area contributed by atoms with Crippen LogP contribution >= 0.6 is 34.8 Å². The number of carbonyl (C=O) groups excluding carboxylic acids is 3. The highest BCUT2D eigenvalue weighted by Crippen LogP contribution is 2.37. The fourth-order valence-electron chi connectivity index (χ4n) is 4.42. The van der Waals surface area contributed by atoms with Gasteiger partial charge in [-0.25, -0.2) is 9.67 Å². The summed E-state index contributed by atoms with van der Waals surface area (Å²) in [5.41, 5.74) is 3.31. The molecule has 0 saturated heterocycles. The molecule has 0 spiro atoms. The number of benzene rings is 1. The zero-order valence-corrected chi connectivity index (χ0v) is 20.7. The number of aromatic nitrogens is 3. The molecule has 1 fully saturated rings. The molecule has 0 radical (unpaired) electrons. The van der Waals surface area contributed by atoms with E-state index in [0.29, 0.717) is 16.5 Å². The van der Waals surface area contributed by atoms with Crippen LogP contribution < -0.4 is 5.32 Å². The van der Waals surface area contributed by atoms with Crippen LogP contribution in [0.3, 0.4) is 0 Å². The van der Waals surface area contributed by atoms with Crippen molar-refractivity contribution in [1.82, 2.24) is 20.1 Å². The Balaban J connectivity index is 1.45. The summed E-state index contributed by atoms with van der Waals surface area (Å²) >= 11 is 17.7. The number of Topliss-reactive ketones (excluding diaryl/α,β-unsaturated/α-hetero) is 2. The molecule has 2 unspecified atom stereocenters. The molecule has 1 saturated carbocycles. The Morgan fingerprint density at radius 1 is 1.09 bits per heavy atom. The van der Waals surface area contributed by atoms with Crippen LogP contribution in [0, 0.1) is 19.8 Å². The molecule has 0 aliphatic heterocycles. The molecule has 10 heteroatoms. The molecule has 2 heterocycles. The molecule has 0 bridgehead atoms. The van der Waals surface area contributed by atoms with Gasteiger partial charge in [-0.05, 0) is 61.2 Å². The Morgan fingerprint density at radius 2 is 1.79 bits per heavy atom. The SMILES string of the molecule is Cc1cc(-n2cc(Cl)cn2)cc(C)c1C1C(=O)CC(CCNC(=O)c2cc(Cl)cc(Cl)n2)C1=O. The first-order valence-corrected chi connectivity index (χ1v) is 11.8. The van der Waals surface area contributed by atoms with Crippen molar-refractivity contribution >= 4 is 52.3 Å². The third-order valence-electron chi connectivity index (χ3n) is 5.91. The van der Waals surface area contributed by atoms with Crippen molar-refractivity contribution < 1.29 is 14.4 Å². The lowest BCUT2D eigenvalue weighted by Crippen LogP contribution is -2.28. The maximum absolute atomic E-state index is 13.2. The number of aryl methyl sites for hydroxylation is 2. The first-order chi connectivity index (χ1) is 16.1. The summed E-state index contributed by atoms with van der Waals surface area (Å²) < 4.78 is 1.65. The maximum Gasteiger partial charge on any atom is 0.269 e. The van der Waals surface area contributed by atoms with Gasteiger partial charge in [-0.15, -0.1) is 0 Å². The van der Waals surface area contributed by atoms with Crippen LogP contribution in [-0.4, -0.2) is 38.8 Å². The van der Waals surface area contributed by atoms with Crippen molar-refractivity contribution in [2.75, 3.05) is 6.54 Å². The van der Waals surface area contributed by atoms with Crippen LogP contribution in [0.5, 0.6) is 0 Å². The smallest absolute Gasteiger partial charge is 0.269 e. The van der Waals surface area contributed by atoms with Crippen molar-refractivity contribution in [3.63, 3.8) is 0 Å². The van der Waals surface area contributed by atoms with Gasteiger partial charge in [-0.3, -0.25) is 14.4 Å². The van der Waals surface area contributed by atoms with E-state index in [1.807, 2.05) is 26.0 Å². The van der Waals surface area contributed by atoms with Gasteiger partial charge in [0.15, 0.2) is 5.78 Å². The summed E-state index contributed by atoms with van der Waals surface area (Å²) in [5, 5.41) is 7.87. The molecule has 176 valence electrons. The van der Waals surface area contributed by atoms with E-state index in [0.717, 1.165) is 22.4 Å². The van der Waals surface area contributed by atoms with Crippen molar-refractivity contribution in [2.24, 2.45) is 5.92 Å². The number of halogens is 3. The highest BCUT2D eigenvalue weighted by atomic mass is 35.5. The standard InChI is InChI=1S/C24H21Cl3N4O3/c1-12-5-17(31-11-16(26)10-29-31)6-13(2)21(12)22-19(32)7-14(23(22)33)3-4-28-24(34)18-8-15(25)9-20(27)30-18/h5-6,8-11,14,22H,3-4,7H2,1-2H3,(H,28,34). The molecule has 7 nitrogen and oxygen atoms in total. The number of rotatable bonds is 6. The lowest BCUT2D eigenvalue weighted by molar-refractivity contribution is -0.124. The van der Waals surface area contributed by atoms with E-state index >= 15 is 0 Å². The Kier molecular flexibility index (Phi) is 7.07. The predicted molar refractivity (Wildman–Crippen MR) is 130 cm³/mol. The van der Waals surface area contributed by atoms with Crippen molar-refractivity contribution in [1.29, 1.82) is 0 Å². The Bertz CT molecular complexity index is 1260. The number of hydrogen-bond acceptors (Lipinski definition) is 5. The molecule has 2 aromatic heterocycles. The number of amides is 1. The van der Waals surface area contributed by atoms with Gasteiger partial charge in [0.05, 0.1) is 16.9 Å². The lowest BCUT2D eigenvalue weighted by Gasteiger charge is -2.17. The molecule has 4 rings (SSSR count). The Morgan fingerprint density at radius 3 is 2.41 bits per heavy atom. The second kappa shape index (κ2) is 9.86. The number of nitrogens with zero attached hydrogens (tertiary/aromatic N) is 3. The maximum atomic E-state index is 13.2. The Hall–Kier alpha value is -2.74. The summed E-state index contributed by atoms with van der Waals surface area (Å²) in [6, 6.07) is 6.63. The van der Waals surface area contributed by atoms with Gasteiger partial charge in [0.25, 0.3) is 5.91 Å². The molecule has 1 aliphatic carbocycles. The minimum Gasteiger partial charge on any atom is -0.351 e. The van der Waals surface area contributed by atoms with Crippen molar-refractivity contribution in [3.8, 4) is 5.69 Å². The predicted octanol–water partition coefficient (Wildman–Crippen LogP) is 4.91. The minimum atomic E-state index is -0.802. The molecule has 1 amide bonds. The van der Waals surface area contributed by atoms with Crippen LogP contribution in [0.1, 0.15) is 45.9 Å². The quantitative estimate of drug-likeness (QED) is 0.369. The minimum absolute atomic E-state index is 0.0917. The number of hydrogen-bond donors (Lipinski definition) is 1. The van der Waals surface area contributed by atoms with E-state index in [1.165, 1.54) is 12.1 Å². The van der Waals surface area contributed by atoms with Gasteiger partial charge in [0.2, 0.25) is 0 Å². The summed E-state index contributed by atoms with van der Waals surface area (Å²) in [5.74, 6) is -1.94. The second-order valence-corrected chi connectivity index (χ2v) is 9.60. The second-order valence-electron chi connectivity index (χ2n) is 8.34. The lowest BCUT2D eigenvalue weighted by atomic mass is 9.87. The number of pyridine rings is 1. The van der Waals surface area contributed by atoms with Crippen molar-refractivity contribution in [3.05, 3.63) is 74.2 Å². The average Bonchev–Trinajstić information content (AvgIpc) is 3.31. The monoisotopic (exact) mass is 518 g/mol. The van der Waals surface area contributed by atoms with Gasteiger partial charge < -0.3 is 5.32 Å². The van der Waals surface area contributed by atoms with Crippen LogP contribution in [0.25, 0.3) is 5.69 Å².